The van der Waals surface area contributed by atoms with E-state index >= 15 is 0 Å². The van der Waals surface area contributed by atoms with Crippen molar-refractivity contribution in [1.29, 1.82) is 0 Å². The predicted molar refractivity (Wildman–Crippen MR) is 60.4 cm³/mol. The van der Waals surface area contributed by atoms with E-state index in [1.54, 1.807) is 0 Å². The molecule has 0 spiro atoms. The molecule has 0 saturated carbocycles. The van der Waals surface area contributed by atoms with E-state index < -0.39 is 11.9 Å². The van der Waals surface area contributed by atoms with Crippen molar-refractivity contribution in [1.82, 2.24) is 0 Å². The highest BCUT2D eigenvalue weighted by Gasteiger charge is 1.98. The van der Waals surface area contributed by atoms with Gasteiger partial charge >= 0.3 is 11.9 Å². The van der Waals surface area contributed by atoms with Gasteiger partial charge in [-0.05, 0) is 12.8 Å². The number of hydrogen-bond donors (Lipinski definition) is 2. The number of hydrogen-bond acceptors (Lipinski definition) is 2. The Morgan fingerprint density at radius 3 is 1.12 bits per heavy atom. The average Bonchev–Trinajstić information content (AvgIpc) is 2.14. The predicted octanol–water partition coefficient (Wildman–Crippen LogP) is 1.84. The first-order chi connectivity index (χ1) is 7.13. The minimum Gasteiger partial charge on any atom is -0.481 e. The maximum atomic E-state index is 10.2. The van der Waals surface area contributed by atoms with Crippen molar-refractivity contribution in [2.45, 2.75) is 57.8 Å². The molecular weight excluding hydrogens is 212 g/mol. The zero-order chi connectivity index (χ0) is 11.5. The first kappa shape index (κ1) is 17.3. The van der Waals surface area contributed by atoms with Crippen LogP contribution in [0.2, 0.25) is 0 Å². The van der Waals surface area contributed by atoms with E-state index in [9.17, 15) is 9.59 Å². The molecule has 0 aliphatic carbocycles. The largest absolute Gasteiger partial charge is 0.481 e. The van der Waals surface area contributed by atoms with Crippen molar-refractivity contribution in [2.24, 2.45) is 0 Å². The Morgan fingerprint density at radius 2 is 0.875 bits per heavy atom. The second-order valence-electron chi connectivity index (χ2n) is 3.76. The quantitative estimate of drug-likeness (QED) is 0.562. The third-order valence-corrected chi connectivity index (χ3v) is 2.28. The van der Waals surface area contributed by atoms with Gasteiger partial charge in [-0.1, -0.05) is 32.1 Å². The summed E-state index contributed by atoms with van der Waals surface area (Å²) >= 11 is 0. The fraction of sp³-hybridized carbons (Fsp3) is 0.818. The van der Waals surface area contributed by atoms with E-state index in [4.69, 9.17) is 10.2 Å². The van der Waals surface area contributed by atoms with Gasteiger partial charge in [0.05, 0.1) is 0 Å². The lowest BCUT2D eigenvalue weighted by atomic mass is 10.1. The van der Waals surface area contributed by atoms with Crippen LogP contribution >= 0.6 is 0 Å². The summed E-state index contributed by atoms with van der Waals surface area (Å²) in [6, 6.07) is 0. The Labute approximate surface area is 95.8 Å². The van der Waals surface area contributed by atoms with E-state index in [-0.39, 0.29) is 18.3 Å². The molecular formula is C11H22O5. The van der Waals surface area contributed by atoms with Crippen molar-refractivity contribution >= 4 is 11.9 Å². The summed E-state index contributed by atoms with van der Waals surface area (Å²) in [6.45, 7) is 0. The van der Waals surface area contributed by atoms with Gasteiger partial charge in [0, 0.05) is 12.8 Å². The zero-order valence-electron chi connectivity index (χ0n) is 9.57. The second-order valence-corrected chi connectivity index (χ2v) is 3.76. The molecule has 0 saturated heterocycles. The fourth-order valence-electron chi connectivity index (χ4n) is 1.44. The Balaban J connectivity index is 0. The molecule has 96 valence electrons. The van der Waals surface area contributed by atoms with Gasteiger partial charge in [0.2, 0.25) is 0 Å². The van der Waals surface area contributed by atoms with Gasteiger partial charge in [-0.3, -0.25) is 9.59 Å². The van der Waals surface area contributed by atoms with Crippen LogP contribution in [0.25, 0.3) is 0 Å². The summed E-state index contributed by atoms with van der Waals surface area (Å²) < 4.78 is 0. The van der Waals surface area contributed by atoms with Crippen molar-refractivity contribution in [2.75, 3.05) is 0 Å². The van der Waals surface area contributed by atoms with Gasteiger partial charge in [0.15, 0.2) is 0 Å². The van der Waals surface area contributed by atoms with Crippen LogP contribution in [0, 0.1) is 0 Å². The van der Waals surface area contributed by atoms with Crippen molar-refractivity contribution in [3.8, 4) is 0 Å². The molecule has 0 bridgehead atoms. The molecule has 0 fully saturated rings. The highest BCUT2D eigenvalue weighted by atomic mass is 16.4. The van der Waals surface area contributed by atoms with Crippen LogP contribution in [-0.2, 0) is 9.59 Å². The molecule has 0 atom stereocenters. The molecule has 0 aliphatic rings. The van der Waals surface area contributed by atoms with Gasteiger partial charge in [0.25, 0.3) is 0 Å². The highest BCUT2D eigenvalue weighted by molar-refractivity contribution is 5.66. The molecule has 16 heavy (non-hydrogen) atoms. The Kier molecular flexibility index (Phi) is 12.9. The van der Waals surface area contributed by atoms with Crippen LogP contribution in [0.4, 0.5) is 0 Å². The zero-order valence-corrected chi connectivity index (χ0v) is 9.57. The molecule has 5 nitrogen and oxygen atoms in total. The lowest BCUT2D eigenvalue weighted by Gasteiger charge is -1.99. The highest BCUT2D eigenvalue weighted by Crippen LogP contribution is 2.09. The van der Waals surface area contributed by atoms with Gasteiger partial charge in [-0.25, -0.2) is 0 Å². The molecule has 0 rings (SSSR count). The SMILES string of the molecule is O.O=C(O)CCCCCCCCCC(=O)O. The van der Waals surface area contributed by atoms with Gasteiger partial charge in [0.1, 0.15) is 0 Å². The van der Waals surface area contributed by atoms with Gasteiger partial charge < -0.3 is 15.7 Å². The van der Waals surface area contributed by atoms with Crippen LogP contribution in [0.3, 0.4) is 0 Å². The van der Waals surface area contributed by atoms with Gasteiger partial charge in [-0.15, -0.1) is 0 Å². The number of carbonyl (C=O) groups is 2. The fourth-order valence-corrected chi connectivity index (χ4v) is 1.44. The number of unbranched alkanes of at least 4 members (excludes halogenated alkanes) is 6. The van der Waals surface area contributed by atoms with E-state index in [2.05, 4.69) is 0 Å². The summed E-state index contributed by atoms with van der Waals surface area (Å²) in [5.41, 5.74) is 0. The molecule has 4 N–H and O–H groups in total. The monoisotopic (exact) mass is 234 g/mol. The van der Waals surface area contributed by atoms with E-state index in [0.29, 0.717) is 0 Å². The van der Waals surface area contributed by atoms with Crippen LogP contribution in [0.5, 0.6) is 0 Å². The van der Waals surface area contributed by atoms with Crippen molar-refractivity contribution in [3.05, 3.63) is 0 Å². The Hall–Kier alpha value is -1.10. The van der Waals surface area contributed by atoms with E-state index in [1.165, 1.54) is 0 Å². The number of rotatable bonds is 10. The van der Waals surface area contributed by atoms with Crippen molar-refractivity contribution < 1.29 is 25.3 Å². The lowest BCUT2D eigenvalue weighted by molar-refractivity contribution is -0.138. The molecule has 5 heteroatoms. The Morgan fingerprint density at radius 1 is 0.625 bits per heavy atom. The summed E-state index contributed by atoms with van der Waals surface area (Å²) in [6.07, 6.45) is 7.16. The topological polar surface area (TPSA) is 106 Å². The molecule has 0 heterocycles. The minimum atomic E-state index is -0.726. The smallest absolute Gasteiger partial charge is 0.303 e. The van der Waals surface area contributed by atoms with Crippen LogP contribution in [-0.4, -0.2) is 27.6 Å². The summed E-state index contributed by atoms with van der Waals surface area (Å²) in [7, 11) is 0. The number of aliphatic carboxylic acids is 2. The maximum absolute atomic E-state index is 10.2. The van der Waals surface area contributed by atoms with Gasteiger partial charge in [-0.2, -0.15) is 0 Å². The standard InChI is InChI=1S/C11H20O4.H2O/c12-10(13)8-6-4-2-1-3-5-7-9-11(14)15;/h1-9H2,(H,12,13)(H,14,15);1H2. The molecule has 0 amide bonds. The van der Waals surface area contributed by atoms with Crippen LogP contribution < -0.4 is 0 Å². The molecule has 0 aliphatic heterocycles. The summed E-state index contributed by atoms with van der Waals surface area (Å²) in [5.74, 6) is -1.45. The normalized spacial score (nSPS) is 9.50. The maximum Gasteiger partial charge on any atom is 0.303 e. The first-order valence-corrected chi connectivity index (χ1v) is 5.56. The minimum absolute atomic E-state index is 0. The number of carboxylic acids is 2. The second kappa shape index (κ2) is 12.0. The first-order valence-electron chi connectivity index (χ1n) is 5.56. The third-order valence-electron chi connectivity index (χ3n) is 2.28. The molecule has 0 unspecified atom stereocenters. The summed E-state index contributed by atoms with van der Waals surface area (Å²) in [5, 5.41) is 16.8. The summed E-state index contributed by atoms with van der Waals surface area (Å²) in [4.78, 5) is 20.4. The molecule has 0 radical (unpaired) electrons. The third kappa shape index (κ3) is 15.4. The molecule has 0 aromatic rings. The lowest BCUT2D eigenvalue weighted by Crippen LogP contribution is -1.94. The van der Waals surface area contributed by atoms with Crippen molar-refractivity contribution in [3.63, 3.8) is 0 Å². The van der Waals surface area contributed by atoms with Crippen LogP contribution in [0.15, 0.2) is 0 Å². The van der Waals surface area contributed by atoms with E-state index in [0.717, 1.165) is 44.9 Å². The Bertz CT molecular complexity index is 171. The van der Waals surface area contributed by atoms with E-state index in [1.807, 2.05) is 0 Å². The molecule has 0 aromatic heterocycles. The molecule has 0 aromatic carbocycles. The average molecular weight is 234 g/mol. The number of carboxylic acid groups (broad SMARTS) is 2. The van der Waals surface area contributed by atoms with Crippen LogP contribution in [0.1, 0.15) is 57.8 Å².